The fourth-order valence-electron chi connectivity index (χ4n) is 4.68. The van der Waals surface area contributed by atoms with Crippen molar-refractivity contribution in [1.29, 1.82) is 0 Å². The van der Waals surface area contributed by atoms with Crippen LogP contribution in [0.2, 0.25) is 0 Å². The van der Waals surface area contributed by atoms with Crippen molar-refractivity contribution in [1.82, 2.24) is 0 Å². The zero-order chi connectivity index (χ0) is 16.0. The fourth-order valence-corrected chi connectivity index (χ4v) is 4.68. The fraction of sp³-hybridized carbons (Fsp3) is 0.750. The first-order valence-corrected chi connectivity index (χ1v) is 7.45. The van der Waals surface area contributed by atoms with E-state index in [1.807, 2.05) is 6.92 Å². The molecule has 0 saturated heterocycles. The van der Waals surface area contributed by atoms with Crippen LogP contribution >= 0.6 is 0 Å². The van der Waals surface area contributed by atoms with E-state index in [-0.39, 0.29) is 18.3 Å². The van der Waals surface area contributed by atoms with Crippen LogP contribution in [0.25, 0.3) is 0 Å². The van der Waals surface area contributed by atoms with Gasteiger partial charge < -0.3 is 15.3 Å². The molecule has 2 aliphatic carbocycles. The van der Waals surface area contributed by atoms with Crippen LogP contribution in [0.1, 0.15) is 46.0 Å². The zero-order valence-corrected chi connectivity index (χ0v) is 12.6. The van der Waals surface area contributed by atoms with Crippen molar-refractivity contribution in [3.05, 3.63) is 12.2 Å². The molecule has 2 aliphatic rings. The van der Waals surface area contributed by atoms with Crippen molar-refractivity contribution in [2.75, 3.05) is 0 Å². The highest BCUT2D eigenvalue weighted by Gasteiger charge is 2.59. The number of aliphatic carboxylic acids is 2. The predicted octanol–water partition coefficient (Wildman–Crippen LogP) is 2.30. The molecule has 0 aromatic carbocycles. The van der Waals surface area contributed by atoms with Gasteiger partial charge in [0.25, 0.3) is 0 Å². The third-order valence-electron chi connectivity index (χ3n) is 5.97. The quantitative estimate of drug-likeness (QED) is 0.695. The van der Waals surface area contributed by atoms with E-state index in [2.05, 4.69) is 6.58 Å². The van der Waals surface area contributed by atoms with Gasteiger partial charge in [0.1, 0.15) is 0 Å². The monoisotopic (exact) mass is 296 g/mol. The van der Waals surface area contributed by atoms with Crippen LogP contribution in [0.3, 0.4) is 0 Å². The van der Waals surface area contributed by atoms with Gasteiger partial charge in [0.2, 0.25) is 0 Å². The number of fused-ring (bicyclic) bond motifs is 1. The Bertz CT molecular complexity index is 485. The number of carboxylic acids is 2. The Labute approximate surface area is 124 Å². The van der Waals surface area contributed by atoms with Crippen LogP contribution in [0.4, 0.5) is 0 Å². The number of rotatable bonds is 3. The molecule has 5 heteroatoms. The molecule has 0 amide bonds. The number of aliphatic hydroxyl groups excluding tert-OH is 1. The number of hydrogen-bond donors (Lipinski definition) is 3. The number of hydrogen-bond acceptors (Lipinski definition) is 3. The van der Waals surface area contributed by atoms with Gasteiger partial charge in [-0.15, -0.1) is 0 Å². The van der Waals surface area contributed by atoms with E-state index >= 15 is 0 Å². The minimum Gasteiger partial charge on any atom is -0.481 e. The highest BCUT2D eigenvalue weighted by atomic mass is 16.4. The minimum atomic E-state index is -0.933. The molecule has 5 nitrogen and oxygen atoms in total. The molecule has 0 spiro atoms. The lowest BCUT2D eigenvalue weighted by Crippen LogP contribution is -2.56. The van der Waals surface area contributed by atoms with E-state index < -0.39 is 28.9 Å². The van der Waals surface area contributed by atoms with E-state index in [0.29, 0.717) is 18.4 Å². The minimum absolute atomic E-state index is 0.0986. The maximum Gasteiger partial charge on any atom is 0.309 e. The van der Waals surface area contributed by atoms with E-state index in [1.165, 1.54) is 0 Å². The lowest BCUT2D eigenvalue weighted by atomic mass is 9.46. The summed E-state index contributed by atoms with van der Waals surface area (Å²) in [4.78, 5) is 23.0. The standard InChI is InChI=1S/C16H24O5/c1-9-10(7-13(18)19)15(2)5-4-6-16(3,14(20)21)12(15)8-11(9)17/h10-12,17H,1,4-8H2,2-3H3,(H,18,19)(H,20,21)/t10-,11-,12+,15+,16-/m0/s1. The summed E-state index contributed by atoms with van der Waals surface area (Å²) < 4.78 is 0. The Morgan fingerprint density at radius 3 is 2.43 bits per heavy atom. The molecule has 0 bridgehead atoms. The zero-order valence-electron chi connectivity index (χ0n) is 12.6. The van der Waals surface area contributed by atoms with E-state index in [4.69, 9.17) is 0 Å². The Hall–Kier alpha value is -1.36. The third-order valence-corrected chi connectivity index (χ3v) is 5.97. The Morgan fingerprint density at radius 2 is 1.90 bits per heavy atom. The molecule has 0 aliphatic heterocycles. The second-order valence-electron chi connectivity index (χ2n) is 7.11. The van der Waals surface area contributed by atoms with Gasteiger partial charge in [-0.1, -0.05) is 19.9 Å². The summed E-state index contributed by atoms with van der Waals surface area (Å²) in [6.07, 6.45) is 1.55. The molecule has 0 aromatic rings. The maximum atomic E-state index is 11.8. The average Bonchev–Trinajstić information content (AvgIpc) is 2.37. The molecule has 0 radical (unpaired) electrons. The predicted molar refractivity (Wildman–Crippen MR) is 76.7 cm³/mol. The van der Waals surface area contributed by atoms with E-state index in [9.17, 15) is 24.9 Å². The first kappa shape index (κ1) is 16.0. The van der Waals surface area contributed by atoms with Crippen LogP contribution in [-0.2, 0) is 9.59 Å². The van der Waals surface area contributed by atoms with Gasteiger partial charge in [-0.05, 0) is 49.0 Å². The summed E-state index contributed by atoms with van der Waals surface area (Å²) in [7, 11) is 0. The Morgan fingerprint density at radius 1 is 1.29 bits per heavy atom. The van der Waals surface area contributed by atoms with Gasteiger partial charge >= 0.3 is 11.9 Å². The molecule has 118 valence electrons. The molecule has 21 heavy (non-hydrogen) atoms. The summed E-state index contributed by atoms with van der Waals surface area (Å²) in [6.45, 7) is 7.60. The lowest BCUT2D eigenvalue weighted by Gasteiger charge is -2.58. The van der Waals surface area contributed by atoms with Crippen molar-refractivity contribution in [2.45, 2.75) is 52.1 Å². The van der Waals surface area contributed by atoms with Gasteiger partial charge in [-0.3, -0.25) is 9.59 Å². The van der Waals surface area contributed by atoms with Crippen molar-refractivity contribution >= 4 is 11.9 Å². The van der Waals surface area contributed by atoms with Crippen molar-refractivity contribution in [3.63, 3.8) is 0 Å². The smallest absolute Gasteiger partial charge is 0.309 e. The highest BCUT2D eigenvalue weighted by Crippen LogP contribution is 2.61. The Kier molecular flexibility index (Phi) is 3.91. The molecular formula is C16H24O5. The summed E-state index contributed by atoms with van der Waals surface area (Å²) in [5.41, 5.74) is -0.795. The van der Waals surface area contributed by atoms with Crippen LogP contribution < -0.4 is 0 Å². The SMILES string of the molecule is C=C1[C@@H](O)C[C@@H]2[C@](C)(CCC[C@]2(C)C(=O)O)[C@H]1CC(=O)O. The van der Waals surface area contributed by atoms with Gasteiger partial charge in [0.15, 0.2) is 0 Å². The normalized spacial score (nSPS) is 43.2. The second-order valence-corrected chi connectivity index (χ2v) is 7.11. The molecule has 0 unspecified atom stereocenters. The summed E-state index contributed by atoms with van der Waals surface area (Å²) >= 11 is 0. The van der Waals surface area contributed by atoms with Crippen LogP contribution in [0.15, 0.2) is 12.2 Å². The van der Waals surface area contributed by atoms with Crippen molar-refractivity contribution < 1.29 is 24.9 Å². The van der Waals surface area contributed by atoms with Crippen LogP contribution in [-0.4, -0.2) is 33.4 Å². The number of carbonyl (C=O) groups is 2. The van der Waals surface area contributed by atoms with Crippen LogP contribution in [0, 0.1) is 22.7 Å². The summed E-state index contributed by atoms with van der Waals surface area (Å²) in [6, 6.07) is 0. The highest BCUT2D eigenvalue weighted by molar-refractivity contribution is 5.75. The third kappa shape index (κ3) is 2.37. The molecule has 3 N–H and O–H groups in total. The number of carboxylic acid groups (broad SMARTS) is 2. The average molecular weight is 296 g/mol. The lowest BCUT2D eigenvalue weighted by molar-refractivity contribution is -0.168. The number of aliphatic hydroxyl groups is 1. The van der Waals surface area contributed by atoms with Gasteiger partial charge in [0.05, 0.1) is 17.9 Å². The van der Waals surface area contributed by atoms with E-state index in [0.717, 1.165) is 12.8 Å². The summed E-state index contributed by atoms with van der Waals surface area (Å²) in [5, 5.41) is 29.1. The van der Waals surface area contributed by atoms with E-state index in [1.54, 1.807) is 6.92 Å². The van der Waals surface area contributed by atoms with Gasteiger partial charge in [-0.2, -0.15) is 0 Å². The topological polar surface area (TPSA) is 94.8 Å². The first-order chi connectivity index (χ1) is 9.63. The second kappa shape index (κ2) is 5.13. The molecule has 0 aromatic heterocycles. The summed E-state index contributed by atoms with van der Waals surface area (Å²) in [5.74, 6) is -2.39. The van der Waals surface area contributed by atoms with Crippen molar-refractivity contribution in [2.24, 2.45) is 22.7 Å². The molecular weight excluding hydrogens is 272 g/mol. The van der Waals surface area contributed by atoms with Crippen LogP contribution in [0.5, 0.6) is 0 Å². The molecule has 2 saturated carbocycles. The van der Waals surface area contributed by atoms with Gasteiger partial charge in [0, 0.05) is 0 Å². The Balaban J connectivity index is 2.47. The van der Waals surface area contributed by atoms with Crippen molar-refractivity contribution in [3.8, 4) is 0 Å². The largest absolute Gasteiger partial charge is 0.481 e. The molecule has 5 atom stereocenters. The van der Waals surface area contributed by atoms with Gasteiger partial charge in [-0.25, -0.2) is 0 Å². The maximum absolute atomic E-state index is 11.8. The molecule has 2 rings (SSSR count). The first-order valence-electron chi connectivity index (χ1n) is 7.45. The molecule has 2 fully saturated rings. The molecule has 0 heterocycles.